The molecule has 2 aliphatic heterocycles. The van der Waals surface area contributed by atoms with Crippen LogP contribution in [0.4, 0.5) is 5.69 Å². The van der Waals surface area contributed by atoms with Gasteiger partial charge < -0.3 is 20.0 Å². The van der Waals surface area contributed by atoms with E-state index in [4.69, 9.17) is 14.9 Å². The largest absolute Gasteiger partial charge is 0.480 e. The number of nitriles is 1. The maximum absolute atomic E-state index is 13.9. The molecule has 0 saturated carbocycles. The Morgan fingerprint density at radius 2 is 2.03 bits per heavy atom. The zero-order valence-electron chi connectivity index (χ0n) is 16.7. The first kappa shape index (κ1) is 19.6. The Morgan fingerprint density at radius 1 is 1.25 bits per heavy atom. The van der Waals surface area contributed by atoms with E-state index in [1.54, 1.807) is 36.4 Å². The molecular formula is C23H17N3O6. The first-order valence-electron chi connectivity index (χ1n) is 9.91. The van der Waals surface area contributed by atoms with Crippen molar-refractivity contribution < 1.29 is 28.6 Å². The van der Waals surface area contributed by atoms with Gasteiger partial charge in [-0.2, -0.15) is 5.26 Å². The van der Waals surface area contributed by atoms with Crippen molar-refractivity contribution in [3.05, 3.63) is 76.8 Å². The fraction of sp³-hybridized carbons (Fsp3) is 0.217. The number of Topliss-reactive ketones (excluding diaryl/α,β-unsaturated/α-hetero) is 1. The number of carbonyl (C=O) groups excluding carboxylic acids is 2. The molecule has 1 amide bonds. The predicted octanol–water partition coefficient (Wildman–Crippen LogP) is 2.07. The first-order chi connectivity index (χ1) is 15.4. The number of carbonyl (C=O) groups is 3. The lowest BCUT2D eigenvalue weighted by atomic mass is 9.64. The second-order valence-corrected chi connectivity index (χ2v) is 7.85. The average molecular weight is 431 g/mol. The zero-order valence-corrected chi connectivity index (χ0v) is 16.7. The van der Waals surface area contributed by atoms with Crippen LogP contribution in [0.25, 0.3) is 0 Å². The van der Waals surface area contributed by atoms with Crippen LogP contribution in [0.3, 0.4) is 0 Å². The molecule has 160 valence electrons. The summed E-state index contributed by atoms with van der Waals surface area (Å²) in [5.41, 5.74) is 4.74. The summed E-state index contributed by atoms with van der Waals surface area (Å²) in [4.78, 5) is 40.0. The average Bonchev–Trinajstić information content (AvgIpc) is 3.37. The summed E-state index contributed by atoms with van der Waals surface area (Å²) in [6.45, 7) is -0.622. The highest BCUT2D eigenvalue weighted by molar-refractivity contribution is 6.21. The molecule has 3 N–H and O–H groups in total. The van der Waals surface area contributed by atoms with Crippen molar-refractivity contribution in [1.29, 1.82) is 5.26 Å². The van der Waals surface area contributed by atoms with Gasteiger partial charge in [-0.1, -0.05) is 18.2 Å². The van der Waals surface area contributed by atoms with Crippen molar-refractivity contribution in [3.8, 4) is 6.07 Å². The number of nitrogens with zero attached hydrogens (tertiary/aromatic N) is 2. The second kappa shape index (κ2) is 6.85. The number of ketones is 1. The Kier molecular flexibility index (Phi) is 4.20. The number of para-hydroxylation sites is 1. The molecule has 1 aliphatic carbocycles. The smallest absolute Gasteiger partial charge is 0.323 e. The van der Waals surface area contributed by atoms with E-state index in [9.17, 15) is 24.8 Å². The molecule has 5 rings (SSSR count). The van der Waals surface area contributed by atoms with Gasteiger partial charge in [0.2, 0.25) is 11.8 Å². The molecule has 3 heterocycles. The van der Waals surface area contributed by atoms with Crippen molar-refractivity contribution in [3.63, 3.8) is 0 Å². The zero-order chi connectivity index (χ0) is 22.6. The van der Waals surface area contributed by atoms with Gasteiger partial charge >= 0.3 is 5.97 Å². The van der Waals surface area contributed by atoms with Crippen LogP contribution in [-0.2, 0) is 24.5 Å². The number of rotatable bonds is 3. The fourth-order valence-corrected chi connectivity index (χ4v) is 4.98. The number of benzene rings is 1. The number of amides is 1. The van der Waals surface area contributed by atoms with Gasteiger partial charge in [-0.15, -0.1) is 0 Å². The molecule has 0 saturated heterocycles. The number of nitrogens with two attached hydrogens (primary N) is 1. The third-order valence-corrected chi connectivity index (χ3v) is 6.17. The summed E-state index contributed by atoms with van der Waals surface area (Å²) in [5, 5.41) is 19.4. The Balaban J connectivity index is 1.77. The van der Waals surface area contributed by atoms with E-state index in [0.29, 0.717) is 17.0 Å². The van der Waals surface area contributed by atoms with Crippen LogP contribution in [0, 0.1) is 11.3 Å². The number of anilines is 1. The molecule has 0 fully saturated rings. The summed E-state index contributed by atoms with van der Waals surface area (Å²) >= 11 is 0. The number of carboxylic acids is 1. The summed E-state index contributed by atoms with van der Waals surface area (Å²) in [6, 6.07) is 11.9. The third kappa shape index (κ3) is 2.46. The van der Waals surface area contributed by atoms with E-state index >= 15 is 0 Å². The molecular weight excluding hydrogens is 414 g/mol. The molecule has 0 radical (unpaired) electrons. The molecule has 3 aliphatic rings. The molecule has 9 nitrogen and oxygen atoms in total. The van der Waals surface area contributed by atoms with Gasteiger partial charge in [0.05, 0.1) is 11.8 Å². The summed E-state index contributed by atoms with van der Waals surface area (Å²) < 4.78 is 11.2. The van der Waals surface area contributed by atoms with E-state index < -0.39 is 23.8 Å². The van der Waals surface area contributed by atoms with Crippen LogP contribution >= 0.6 is 0 Å². The first-order valence-corrected chi connectivity index (χ1v) is 9.91. The standard InChI is InChI=1S/C23H17N3O6/c24-10-14-21(25)32-18-9-12(17-6-3-7-31-17)8-16(27)20(18)23(14)13-4-1-2-5-15(13)26(22(23)30)11-19(28)29/h1-7,12H,8-9,11,25H2,(H,28,29)/t12-,23-/m0/s1. The minimum absolute atomic E-state index is 0.0383. The van der Waals surface area contributed by atoms with Crippen LogP contribution < -0.4 is 10.6 Å². The number of furan rings is 1. The molecule has 32 heavy (non-hydrogen) atoms. The third-order valence-electron chi connectivity index (χ3n) is 6.17. The van der Waals surface area contributed by atoms with Gasteiger partial charge in [-0.3, -0.25) is 19.3 Å². The maximum atomic E-state index is 13.9. The van der Waals surface area contributed by atoms with Crippen molar-refractivity contribution in [1.82, 2.24) is 0 Å². The van der Waals surface area contributed by atoms with Gasteiger partial charge in [0.1, 0.15) is 35.1 Å². The minimum Gasteiger partial charge on any atom is -0.480 e. The minimum atomic E-state index is -1.84. The van der Waals surface area contributed by atoms with Crippen molar-refractivity contribution >= 4 is 23.3 Å². The van der Waals surface area contributed by atoms with Crippen molar-refractivity contribution in [2.45, 2.75) is 24.2 Å². The van der Waals surface area contributed by atoms with E-state index in [2.05, 4.69) is 0 Å². The highest BCUT2D eigenvalue weighted by atomic mass is 16.5. The highest BCUT2D eigenvalue weighted by Gasteiger charge is 2.62. The predicted molar refractivity (Wildman–Crippen MR) is 109 cm³/mol. The maximum Gasteiger partial charge on any atom is 0.323 e. The van der Waals surface area contributed by atoms with Crippen LogP contribution in [0.15, 0.2) is 69.9 Å². The summed E-state index contributed by atoms with van der Waals surface area (Å²) in [5.74, 6) is -2.11. The normalized spacial score (nSPS) is 24.3. The molecule has 1 aromatic carbocycles. The monoisotopic (exact) mass is 431 g/mol. The Bertz CT molecular complexity index is 1280. The molecule has 9 heteroatoms. The number of carboxylic acid groups (broad SMARTS) is 1. The van der Waals surface area contributed by atoms with Gasteiger partial charge in [-0.05, 0) is 18.2 Å². The van der Waals surface area contributed by atoms with Gasteiger partial charge in [0, 0.05) is 30.0 Å². The molecule has 0 unspecified atom stereocenters. The lowest BCUT2D eigenvalue weighted by Gasteiger charge is -2.38. The van der Waals surface area contributed by atoms with Crippen molar-refractivity contribution in [2.24, 2.45) is 5.73 Å². The Labute approximate surface area is 182 Å². The Hall–Kier alpha value is -4.32. The number of fused-ring (bicyclic) bond motifs is 3. The number of aliphatic carboxylic acids is 1. The van der Waals surface area contributed by atoms with Gasteiger partial charge in [0.15, 0.2) is 5.78 Å². The van der Waals surface area contributed by atoms with Crippen LogP contribution in [0.1, 0.15) is 30.1 Å². The number of hydrogen-bond donors (Lipinski definition) is 2. The quantitative estimate of drug-likeness (QED) is 0.751. The van der Waals surface area contributed by atoms with Crippen LogP contribution in [0.5, 0.6) is 0 Å². The molecule has 0 bridgehead atoms. The van der Waals surface area contributed by atoms with Crippen molar-refractivity contribution in [2.75, 3.05) is 11.4 Å². The summed E-state index contributed by atoms with van der Waals surface area (Å²) in [6.07, 6.45) is 1.80. The lowest BCUT2D eigenvalue weighted by Crippen LogP contribution is -2.50. The SMILES string of the molecule is N#CC1=C(N)OC2=C(C(=O)C[C@H](c3ccco3)C2)[C@@]12C(=O)N(CC(=O)O)c1ccccc12. The number of hydrogen-bond acceptors (Lipinski definition) is 7. The van der Waals surface area contributed by atoms with Crippen LogP contribution in [0.2, 0.25) is 0 Å². The van der Waals surface area contributed by atoms with E-state index in [1.165, 1.54) is 6.26 Å². The van der Waals surface area contributed by atoms with E-state index in [1.807, 2.05) is 6.07 Å². The topological polar surface area (TPSA) is 147 Å². The Morgan fingerprint density at radius 3 is 2.72 bits per heavy atom. The molecule has 1 spiro atoms. The fourth-order valence-electron chi connectivity index (χ4n) is 4.98. The summed E-state index contributed by atoms with van der Waals surface area (Å²) in [7, 11) is 0. The lowest BCUT2D eigenvalue weighted by molar-refractivity contribution is -0.136. The highest BCUT2D eigenvalue weighted by Crippen LogP contribution is 2.56. The van der Waals surface area contributed by atoms with Crippen LogP contribution in [-0.4, -0.2) is 29.3 Å². The van der Waals surface area contributed by atoms with Gasteiger partial charge in [0.25, 0.3) is 0 Å². The second-order valence-electron chi connectivity index (χ2n) is 7.85. The molecule has 1 aromatic heterocycles. The van der Waals surface area contributed by atoms with E-state index in [0.717, 1.165) is 4.90 Å². The van der Waals surface area contributed by atoms with E-state index in [-0.39, 0.29) is 47.3 Å². The number of allylic oxidation sites excluding steroid dienone is 1. The number of ether oxygens (including phenoxy) is 1. The molecule has 2 atom stereocenters. The van der Waals surface area contributed by atoms with Gasteiger partial charge in [-0.25, -0.2) is 0 Å². The molecule has 2 aromatic rings.